The van der Waals surface area contributed by atoms with Gasteiger partial charge in [-0.25, -0.2) is 0 Å². The van der Waals surface area contributed by atoms with Gasteiger partial charge in [-0.05, 0) is 24.0 Å². The lowest BCUT2D eigenvalue weighted by Crippen LogP contribution is -2.43. The third kappa shape index (κ3) is 4.13. The van der Waals surface area contributed by atoms with Gasteiger partial charge in [0.05, 0.1) is 10.8 Å². The minimum absolute atomic E-state index is 0.0909. The summed E-state index contributed by atoms with van der Waals surface area (Å²) in [4.78, 5) is 0. The number of nitrogens with one attached hydrogen (secondary N) is 1. The van der Waals surface area contributed by atoms with Crippen molar-refractivity contribution in [1.29, 1.82) is 0 Å². The van der Waals surface area contributed by atoms with E-state index in [-0.39, 0.29) is 16.8 Å². The molecule has 1 aliphatic rings. The molecule has 0 saturated carbocycles. The number of hydrogen-bond donors (Lipinski definition) is 1. The van der Waals surface area contributed by atoms with Crippen molar-refractivity contribution in [3.05, 3.63) is 42.0 Å². The molecule has 3 atom stereocenters. The van der Waals surface area contributed by atoms with Crippen molar-refractivity contribution in [3.63, 3.8) is 0 Å². The molecule has 2 rings (SSSR count). The fourth-order valence-electron chi connectivity index (χ4n) is 2.35. The monoisotopic (exact) mass is 317 g/mol. The van der Waals surface area contributed by atoms with Gasteiger partial charge in [0.25, 0.3) is 0 Å². The van der Waals surface area contributed by atoms with Crippen molar-refractivity contribution in [2.45, 2.75) is 29.6 Å². The highest BCUT2D eigenvalue weighted by Gasteiger charge is 2.28. The van der Waals surface area contributed by atoms with Crippen LogP contribution in [0.15, 0.2) is 36.4 Å². The van der Waals surface area contributed by atoms with Crippen LogP contribution in [0, 0.1) is 0 Å². The molecule has 1 N–H and O–H groups in total. The molecule has 1 heterocycles. The normalized spacial score (nSPS) is 22.7. The molecular weight excluding hydrogens is 301 g/mol. The smallest absolute Gasteiger partial charge is 0.0656 e. The van der Waals surface area contributed by atoms with Crippen LogP contribution >= 0.6 is 34.8 Å². The van der Waals surface area contributed by atoms with Crippen LogP contribution in [-0.2, 0) is 0 Å². The highest BCUT2D eigenvalue weighted by Crippen LogP contribution is 2.28. The highest BCUT2D eigenvalue weighted by atomic mass is 35.5. The third-order valence-corrected chi connectivity index (χ3v) is 4.87. The SMILES string of the molecule is ClCCC(Cl)C(Cl)C1CC(c2ccccc2)=CCN1. The van der Waals surface area contributed by atoms with Crippen molar-refractivity contribution in [3.8, 4) is 0 Å². The second kappa shape index (κ2) is 7.54. The summed E-state index contributed by atoms with van der Waals surface area (Å²) >= 11 is 18.5. The van der Waals surface area contributed by atoms with Crippen LogP contribution in [0.3, 0.4) is 0 Å². The van der Waals surface area contributed by atoms with Gasteiger partial charge in [0.15, 0.2) is 0 Å². The molecular formula is C15H18Cl3N. The molecule has 0 radical (unpaired) electrons. The molecule has 0 spiro atoms. The second-order valence-electron chi connectivity index (χ2n) is 4.75. The Balaban J connectivity index is 2.02. The fraction of sp³-hybridized carbons (Fsp3) is 0.467. The van der Waals surface area contributed by atoms with Crippen LogP contribution in [0.2, 0.25) is 0 Å². The van der Waals surface area contributed by atoms with Crippen LogP contribution in [0.1, 0.15) is 18.4 Å². The Morgan fingerprint density at radius 2 is 1.95 bits per heavy atom. The number of benzene rings is 1. The van der Waals surface area contributed by atoms with Crippen LogP contribution in [0.5, 0.6) is 0 Å². The largest absolute Gasteiger partial charge is 0.309 e. The van der Waals surface area contributed by atoms with E-state index in [1.807, 2.05) is 6.07 Å². The van der Waals surface area contributed by atoms with E-state index in [9.17, 15) is 0 Å². The van der Waals surface area contributed by atoms with E-state index < -0.39 is 0 Å². The summed E-state index contributed by atoms with van der Waals surface area (Å²) in [5.74, 6) is 0.547. The first-order chi connectivity index (χ1) is 9.22. The number of hydrogen-bond acceptors (Lipinski definition) is 1. The number of rotatable bonds is 5. The molecule has 1 aliphatic heterocycles. The van der Waals surface area contributed by atoms with E-state index >= 15 is 0 Å². The molecule has 0 amide bonds. The van der Waals surface area contributed by atoms with Gasteiger partial charge in [0, 0.05) is 18.5 Å². The van der Waals surface area contributed by atoms with Crippen LogP contribution in [-0.4, -0.2) is 29.2 Å². The average Bonchev–Trinajstić information content (AvgIpc) is 2.48. The Hall–Kier alpha value is -0.210. The Morgan fingerprint density at radius 1 is 1.21 bits per heavy atom. The predicted molar refractivity (Wildman–Crippen MR) is 85.4 cm³/mol. The van der Waals surface area contributed by atoms with Crippen molar-refractivity contribution in [2.24, 2.45) is 0 Å². The molecule has 19 heavy (non-hydrogen) atoms. The molecule has 1 aromatic rings. The van der Waals surface area contributed by atoms with E-state index in [0.717, 1.165) is 19.4 Å². The van der Waals surface area contributed by atoms with E-state index in [0.29, 0.717) is 5.88 Å². The minimum atomic E-state index is -0.104. The Kier molecular flexibility index (Phi) is 6.03. The molecule has 0 fully saturated rings. The van der Waals surface area contributed by atoms with Gasteiger partial charge in [0.1, 0.15) is 0 Å². The zero-order chi connectivity index (χ0) is 13.7. The lowest BCUT2D eigenvalue weighted by atomic mass is 9.92. The van der Waals surface area contributed by atoms with Crippen molar-refractivity contribution >= 4 is 40.4 Å². The van der Waals surface area contributed by atoms with Crippen molar-refractivity contribution in [1.82, 2.24) is 5.32 Å². The number of alkyl halides is 3. The van der Waals surface area contributed by atoms with Crippen LogP contribution < -0.4 is 5.32 Å². The Bertz CT molecular complexity index is 419. The average molecular weight is 319 g/mol. The van der Waals surface area contributed by atoms with Gasteiger partial charge in [-0.1, -0.05) is 36.4 Å². The van der Waals surface area contributed by atoms with Gasteiger partial charge < -0.3 is 5.32 Å². The van der Waals surface area contributed by atoms with Crippen molar-refractivity contribution < 1.29 is 0 Å². The molecule has 1 nitrogen and oxygen atoms in total. The lowest BCUT2D eigenvalue weighted by Gasteiger charge is -2.30. The van der Waals surface area contributed by atoms with Crippen LogP contribution in [0.25, 0.3) is 5.57 Å². The zero-order valence-electron chi connectivity index (χ0n) is 10.7. The molecule has 0 bridgehead atoms. The first kappa shape index (κ1) is 15.2. The summed E-state index contributed by atoms with van der Waals surface area (Å²) in [6, 6.07) is 10.6. The van der Waals surface area contributed by atoms with Gasteiger partial charge in [-0.2, -0.15) is 0 Å². The summed E-state index contributed by atoms with van der Waals surface area (Å²) in [5.41, 5.74) is 2.60. The molecule has 0 aliphatic carbocycles. The third-order valence-electron chi connectivity index (χ3n) is 3.43. The van der Waals surface area contributed by atoms with E-state index in [1.54, 1.807) is 0 Å². The maximum Gasteiger partial charge on any atom is 0.0656 e. The molecule has 4 heteroatoms. The molecule has 104 valence electrons. The second-order valence-corrected chi connectivity index (χ2v) is 6.19. The summed E-state index contributed by atoms with van der Waals surface area (Å²) in [7, 11) is 0. The Morgan fingerprint density at radius 3 is 2.63 bits per heavy atom. The van der Waals surface area contributed by atoms with Gasteiger partial charge in [0.2, 0.25) is 0 Å². The quantitative estimate of drug-likeness (QED) is 0.799. The summed E-state index contributed by atoms with van der Waals surface area (Å²) in [6.45, 7) is 0.836. The maximum atomic E-state index is 6.46. The first-order valence-electron chi connectivity index (χ1n) is 6.54. The van der Waals surface area contributed by atoms with Gasteiger partial charge in [-0.3, -0.25) is 0 Å². The van der Waals surface area contributed by atoms with E-state index in [1.165, 1.54) is 11.1 Å². The van der Waals surface area contributed by atoms with Gasteiger partial charge in [-0.15, -0.1) is 34.8 Å². The van der Waals surface area contributed by atoms with Crippen LogP contribution in [0.4, 0.5) is 0 Å². The topological polar surface area (TPSA) is 12.0 Å². The van der Waals surface area contributed by atoms with E-state index in [2.05, 4.69) is 35.7 Å². The molecule has 1 aromatic carbocycles. The standard InChI is InChI=1S/C15H18Cl3N/c16-8-6-13(17)15(18)14-10-12(7-9-19-14)11-4-2-1-3-5-11/h1-5,7,13-15,19H,6,8-10H2. The fourth-order valence-corrected chi connectivity index (χ4v) is 3.29. The number of halogens is 3. The highest BCUT2D eigenvalue weighted by molar-refractivity contribution is 6.30. The predicted octanol–water partition coefficient (Wildman–Crippen LogP) is 4.28. The first-order valence-corrected chi connectivity index (χ1v) is 7.95. The molecule has 3 unspecified atom stereocenters. The van der Waals surface area contributed by atoms with Crippen molar-refractivity contribution in [2.75, 3.05) is 12.4 Å². The van der Waals surface area contributed by atoms with Gasteiger partial charge >= 0.3 is 0 Å². The minimum Gasteiger partial charge on any atom is -0.309 e. The zero-order valence-corrected chi connectivity index (χ0v) is 12.9. The molecule has 0 aromatic heterocycles. The van der Waals surface area contributed by atoms with E-state index in [4.69, 9.17) is 34.8 Å². The Labute approximate surface area is 129 Å². The summed E-state index contributed by atoms with van der Waals surface area (Å²) in [5, 5.41) is 3.23. The maximum absolute atomic E-state index is 6.46. The summed E-state index contributed by atoms with van der Waals surface area (Å²) < 4.78 is 0. The molecule has 0 saturated heterocycles. The lowest BCUT2D eigenvalue weighted by molar-refractivity contribution is 0.493. The summed E-state index contributed by atoms with van der Waals surface area (Å²) in [6.07, 6.45) is 3.86.